The number of benzene rings is 3. The minimum atomic E-state index is 0.576. The number of ether oxygens (including phenoxy) is 5. The highest BCUT2D eigenvalue weighted by atomic mass is 16.5. The molecule has 5 heteroatoms. The zero-order valence-corrected chi connectivity index (χ0v) is 14.9. The Hall–Kier alpha value is -3.34. The predicted octanol–water partition coefficient (Wildman–Crippen LogP) is 5.30. The van der Waals surface area contributed by atoms with E-state index in [-0.39, 0.29) is 0 Å². The van der Waals surface area contributed by atoms with Crippen molar-refractivity contribution in [2.24, 2.45) is 0 Å². The van der Waals surface area contributed by atoms with Gasteiger partial charge in [0.2, 0.25) is 0 Å². The fraction of sp³-hybridized carbons (Fsp3) is 0.143. The minimum absolute atomic E-state index is 0.576. The molecule has 0 aliphatic carbocycles. The van der Waals surface area contributed by atoms with Crippen LogP contribution in [-0.4, -0.2) is 21.3 Å². The van der Waals surface area contributed by atoms with Gasteiger partial charge in [-0.05, 0) is 60.7 Å². The van der Waals surface area contributed by atoms with Gasteiger partial charge in [0.05, 0.1) is 21.3 Å². The molecule has 0 spiro atoms. The van der Waals surface area contributed by atoms with Crippen molar-refractivity contribution in [2.75, 3.05) is 21.3 Å². The van der Waals surface area contributed by atoms with E-state index in [1.165, 1.54) is 0 Å². The fourth-order valence-corrected chi connectivity index (χ4v) is 2.35. The average molecular weight is 352 g/mol. The van der Waals surface area contributed by atoms with Crippen molar-refractivity contribution < 1.29 is 23.7 Å². The molecule has 26 heavy (non-hydrogen) atoms. The van der Waals surface area contributed by atoms with Crippen LogP contribution in [0.15, 0.2) is 66.7 Å². The van der Waals surface area contributed by atoms with Crippen molar-refractivity contribution in [1.29, 1.82) is 0 Å². The summed E-state index contributed by atoms with van der Waals surface area (Å²) >= 11 is 0. The van der Waals surface area contributed by atoms with Gasteiger partial charge in [0.1, 0.15) is 28.7 Å². The van der Waals surface area contributed by atoms with Crippen LogP contribution in [0.1, 0.15) is 0 Å². The topological polar surface area (TPSA) is 46.2 Å². The van der Waals surface area contributed by atoms with Gasteiger partial charge in [-0.1, -0.05) is 0 Å². The van der Waals surface area contributed by atoms with Crippen molar-refractivity contribution in [2.45, 2.75) is 0 Å². The van der Waals surface area contributed by atoms with E-state index in [0.717, 1.165) is 11.5 Å². The number of hydrogen-bond donors (Lipinski definition) is 0. The molecule has 5 nitrogen and oxygen atoms in total. The van der Waals surface area contributed by atoms with Crippen molar-refractivity contribution in [3.8, 4) is 40.2 Å². The number of methoxy groups -OCH3 is 3. The van der Waals surface area contributed by atoms with Gasteiger partial charge in [0.15, 0.2) is 11.5 Å². The Morgan fingerprint density at radius 2 is 0.885 bits per heavy atom. The van der Waals surface area contributed by atoms with Crippen LogP contribution in [0.2, 0.25) is 0 Å². The second-order valence-corrected chi connectivity index (χ2v) is 5.37. The molecule has 0 aliphatic heterocycles. The van der Waals surface area contributed by atoms with Gasteiger partial charge in [-0.25, -0.2) is 0 Å². The van der Waals surface area contributed by atoms with Gasteiger partial charge in [-0.15, -0.1) is 0 Å². The first-order chi connectivity index (χ1) is 12.7. The molecule has 0 N–H and O–H groups in total. The third-order valence-electron chi connectivity index (χ3n) is 3.72. The molecule has 0 heterocycles. The van der Waals surface area contributed by atoms with E-state index in [4.69, 9.17) is 23.7 Å². The molecule has 0 unspecified atom stereocenters. The van der Waals surface area contributed by atoms with E-state index >= 15 is 0 Å². The van der Waals surface area contributed by atoms with Crippen molar-refractivity contribution in [3.05, 3.63) is 66.7 Å². The molecular formula is C21H20O5. The zero-order valence-electron chi connectivity index (χ0n) is 14.9. The Morgan fingerprint density at radius 1 is 0.423 bits per heavy atom. The molecule has 0 saturated carbocycles. The maximum atomic E-state index is 5.88. The van der Waals surface area contributed by atoms with E-state index in [1.54, 1.807) is 27.4 Å². The lowest BCUT2D eigenvalue weighted by atomic mass is 10.2. The lowest BCUT2D eigenvalue weighted by Crippen LogP contribution is -1.92. The largest absolute Gasteiger partial charge is 0.497 e. The Labute approximate surface area is 152 Å². The smallest absolute Gasteiger partial charge is 0.169 e. The maximum Gasteiger partial charge on any atom is 0.169 e. The molecule has 3 aromatic carbocycles. The predicted molar refractivity (Wildman–Crippen MR) is 99.1 cm³/mol. The molecule has 0 saturated heterocycles. The van der Waals surface area contributed by atoms with E-state index in [9.17, 15) is 0 Å². The van der Waals surface area contributed by atoms with Crippen LogP contribution in [0.3, 0.4) is 0 Å². The maximum absolute atomic E-state index is 5.88. The number of rotatable bonds is 7. The number of hydrogen-bond acceptors (Lipinski definition) is 5. The first-order valence-electron chi connectivity index (χ1n) is 8.03. The first kappa shape index (κ1) is 17.5. The molecule has 0 bridgehead atoms. The molecular weight excluding hydrogens is 332 g/mol. The van der Waals surface area contributed by atoms with Gasteiger partial charge in [-0.3, -0.25) is 0 Å². The van der Waals surface area contributed by atoms with Crippen LogP contribution in [0, 0.1) is 0 Å². The van der Waals surface area contributed by atoms with Crippen molar-refractivity contribution in [1.82, 2.24) is 0 Å². The van der Waals surface area contributed by atoms with Crippen LogP contribution in [0.5, 0.6) is 40.2 Å². The molecule has 0 fully saturated rings. The van der Waals surface area contributed by atoms with Gasteiger partial charge in [-0.2, -0.15) is 0 Å². The third-order valence-corrected chi connectivity index (χ3v) is 3.72. The average Bonchev–Trinajstić information content (AvgIpc) is 2.70. The summed E-state index contributed by atoms with van der Waals surface area (Å²) in [7, 11) is 4.84. The summed E-state index contributed by atoms with van der Waals surface area (Å²) in [5.41, 5.74) is 0. The highest BCUT2D eigenvalue weighted by Gasteiger charge is 2.09. The van der Waals surface area contributed by atoms with Gasteiger partial charge in [0.25, 0.3) is 0 Å². The summed E-state index contributed by atoms with van der Waals surface area (Å²) in [6, 6.07) is 20.1. The quantitative estimate of drug-likeness (QED) is 0.577. The zero-order chi connectivity index (χ0) is 18.4. The Balaban J connectivity index is 1.75. The minimum Gasteiger partial charge on any atom is -0.497 e. The second kappa shape index (κ2) is 8.16. The molecule has 0 aromatic heterocycles. The standard InChI is InChI=1S/C21H20O5/c1-22-15-4-8-17(9-5-15)25-19-12-13-20(21(14-19)24-3)26-18-10-6-16(23-2)7-11-18/h4-14H,1-3H3. The van der Waals surface area contributed by atoms with E-state index in [1.807, 2.05) is 60.7 Å². The van der Waals surface area contributed by atoms with Gasteiger partial charge < -0.3 is 23.7 Å². The molecule has 0 amide bonds. The van der Waals surface area contributed by atoms with Crippen LogP contribution >= 0.6 is 0 Å². The van der Waals surface area contributed by atoms with Crippen LogP contribution in [0.25, 0.3) is 0 Å². The van der Waals surface area contributed by atoms with E-state index in [0.29, 0.717) is 28.7 Å². The lowest BCUT2D eigenvalue weighted by molar-refractivity contribution is 0.374. The summed E-state index contributed by atoms with van der Waals surface area (Å²) in [6.07, 6.45) is 0. The van der Waals surface area contributed by atoms with E-state index < -0.39 is 0 Å². The van der Waals surface area contributed by atoms with Gasteiger partial charge >= 0.3 is 0 Å². The van der Waals surface area contributed by atoms with Gasteiger partial charge in [0, 0.05) is 6.07 Å². The summed E-state index contributed by atoms with van der Waals surface area (Å²) in [5, 5.41) is 0. The Morgan fingerprint density at radius 3 is 1.38 bits per heavy atom. The summed E-state index contributed by atoms with van der Waals surface area (Å²) in [6.45, 7) is 0. The summed E-state index contributed by atoms with van der Waals surface area (Å²) < 4.78 is 27.4. The van der Waals surface area contributed by atoms with Crippen molar-refractivity contribution >= 4 is 0 Å². The lowest BCUT2D eigenvalue weighted by Gasteiger charge is -2.13. The Kier molecular flexibility index (Phi) is 5.49. The van der Waals surface area contributed by atoms with Crippen LogP contribution in [0.4, 0.5) is 0 Å². The normalized spacial score (nSPS) is 10.1. The fourth-order valence-electron chi connectivity index (χ4n) is 2.35. The molecule has 0 aliphatic rings. The monoisotopic (exact) mass is 352 g/mol. The second-order valence-electron chi connectivity index (χ2n) is 5.37. The first-order valence-corrected chi connectivity index (χ1v) is 8.03. The molecule has 0 radical (unpaired) electrons. The SMILES string of the molecule is COc1ccc(Oc2ccc(Oc3ccc(OC)cc3)c(OC)c2)cc1. The van der Waals surface area contributed by atoms with Crippen LogP contribution < -0.4 is 23.7 Å². The summed E-state index contributed by atoms with van der Waals surface area (Å²) in [4.78, 5) is 0. The highest BCUT2D eigenvalue weighted by molar-refractivity contribution is 5.49. The van der Waals surface area contributed by atoms with Crippen molar-refractivity contribution in [3.63, 3.8) is 0 Å². The van der Waals surface area contributed by atoms with Crippen LogP contribution in [-0.2, 0) is 0 Å². The van der Waals surface area contributed by atoms with E-state index in [2.05, 4.69) is 0 Å². The molecule has 134 valence electrons. The summed E-state index contributed by atoms with van der Waals surface area (Å²) in [5.74, 6) is 4.76. The highest BCUT2D eigenvalue weighted by Crippen LogP contribution is 2.36. The third kappa shape index (κ3) is 4.19. The molecule has 3 aromatic rings. The Bertz CT molecular complexity index is 841. The molecule has 0 atom stereocenters. The molecule has 3 rings (SSSR count).